The summed E-state index contributed by atoms with van der Waals surface area (Å²) in [5.41, 5.74) is 0.722. The van der Waals surface area contributed by atoms with E-state index in [0.717, 1.165) is 25.9 Å². The predicted octanol–water partition coefficient (Wildman–Crippen LogP) is 2.77. The highest BCUT2D eigenvalue weighted by Crippen LogP contribution is 2.32. The monoisotopic (exact) mass is 363 g/mol. The Morgan fingerprint density at radius 1 is 1.35 bits per heavy atom. The largest absolute Gasteiger partial charge is 0.481 e. The number of rotatable bonds is 7. The first-order chi connectivity index (χ1) is 12.3. The molecule has 8 heteroatoms. The van der Waals surface area contributed by atoms with E-state index in [1.54, 1.807) is 19.2 Å². The minimum absolute atomic E-state index is 0.0237. The maximum atomic E-state index is 12.5. The van der Waals surface area contributed by atoms with Crippen molar-refractivity contribution in [3.63, 3.8) is 0 Å². The van der Waals surface area contributed by atoms with Gasteiger partial charge in [0.05, 0.1) is 4.92 Å². The number of anilines is 1. The van der Waals surface area contributed by atoms with Crippen molar-refractivity contribution in [2.24, 2.45) is 5.92 Å². The van der Waals surface area contributed by atoms with Crippen molar-refractivity contribution in [3.05, 3.63) is 33.9 Å². The summed E-state index contributed by atoms with van der Waals surface area (Å²) in [5, 5.41) is 20.2. The maximum absolute atomic E-state index is 12.5. The summed E-state index contributed by atoms with van der Waals surface area (Å²) in [6.07, 6.45) is 2.29. The van der Waals surface area contributed by atoms with Crippen LogP contribution in [-0.4, -0.2) is 53.5 Å². The second-order valence-electron chi connectivity index (χ2n) is 6.85. The van der Waals surface area contributed by atoms with Crippen LogP contribution in [-0.2, 0) is 4.79 Å². The molecule has 8 nitrogen and oxygen atoms in total. The number of amides is 1. The second-order valence-corrected chi connectivity index (χ2v) is 6.85. The highest BCUT2D eigenvalue weighted by Gasteiger charge is 2.25. The zero-order valence-corrected chi connectivity index (χ0v) is 15.2. The van der Waals surface area contributed by atoms with E-state index in [2.05, 4.69) is 6.92 Å². The number of carboxylic acids is 1. The maximum Gasteiger partial charge on any atom is 0.303 e. The molecule has 1 heterocycles. The number of nitro benzene ring substituents is 1. The van der Waals surface area contributed by atoms with E-state index in [-0.39, 0.29) is 30.1 Å². The van der Waals surface area contributed by atoms with Crippen molar-refractivity contribution in [1.82, 2.24) is 4.90 Å². The van der Waals surface area contributed by atoms with Gasteiger partial charge in [0.15, 0.2) is 0 Å². The molecule has 0 radical (unpaired) electrons. The number of hydrogen-bond acceptors (Lipinski definition) is 5. The fourth-order valence-electron chi connectivity index (χ4n) is 3.11. The molecule has 0 spiro atoms. The summed E-state index contributed by atoms with van der Waals surface area (Å²) in [4.78, 5) is 37.5. The lowest BCUT2D eigenvalue weighted by Gasteiger charge is -2.31. The van der Waals surface area contributed by atoms with Crippen LogP contribution in [0, 0.1) is 16.0 Å². The Bertz CT molecular complexity index is 683. The first-order valence-electron chi connectivity index (χ1n) is 8.80. The molecule has 0 atom stereocenters. The average Bonchev–Trinajstić information content (AvgIpc) is 2.60. The standard InChI is InChI=1S/C18H25N3O5/c1-13-7-10-20(11-8-13)15-6-5-14(12-16(15)21(25)26)18(24)19(2)9-3-4-17(22)23/h5-6,12-13H,3-4,7-11H2,1-2H3,(H,22,23). The van der Waals surface area contributed by atoms with Crippen LogP contribution in [0.15, 0.2) is 18.2 Å². The molecule has 0 aromatic heterocycles. The Kier molecular flexibility index (Phi) is 6.54. The van der Waals surface area contributed by atoms with Gasteiger partial charge < -0.3 is 14.9 Å². The van der Waals surface area contributed by atoms with Gasteiger partial charge in [0.2, 0.25) is 0 Å². The number of nitrogens with zero attached hydrogens (tertiary/aromatic N) is 3. The molecule has 1 aliphatic rings. The minimum atomic E-state index is -0.915. The molecule has 1 aromatic rings. The molecule has 142 valence electrons. The first kappa shape index (κ1) is 19.7. The summed E-state index contributed by atoms with van der Waals surface area (Å²) in [6.45, 7) is 3.99. The lowest BCUT2D eigenvalue weighted by atomic mass is 9.98. The summed E-state index contributed by atoms with van der Waals surface area (Å²) < 4.78 is 0. The van der Waals surface area contributed by atoms with E-state index >= 15 is 0 Å². The Labute approximate surface area is 152 Å². The summed E-state index contributed by atoms with van der Waals surface area (Å²) in [7, 11) is 1.57. The number of nitro groups is 1. The van der Waals surface area contributed by atoms with Crippen LogP contribution in [0.3, 0.4) is 0 Å². The number of hydrogen-bond donors (Lipinski definition) is 1. The third-order valence-electron chi connectivity index (χ3n) is 4.77. The molecule has 0 unspecified atom stereocenters. The molecule has 1 amide bonds. The van der Waals surface area contributed by atoms with Crippen LogP contribution < -0.4 is 4.90 Å². The quantitative estimate of drug-likeness (QED) is 0.590. The SMILES string of the molecule is CC1CCN(c2ccc(C(=O)N(C)CCCC(=O)O)cc2[N+](=O)[O-])CC1. The van der Waals surface area contributed by atoms with Gasteiger partial charge in [-0.1, -0.05) is 6.92 Å². The van der Waals surface area contributed by atoms with Gasteiger partial charge >= 0.3 is 5.97 Å². The van der Waals surface area contributed by atoms with Gasteiger partial charge in [-0.05, 0) is 37.3 Å². The lowest BCUT2D eigenvalue weighted by Crippen LogP contribution is -2.33. The van der Waals surface area contributed by atoms with Gasteiger partial charge in [0.25, 0.3) is 11.6 Å². The zero-order chi connectivity index (χ0) is 19.3. The zero-order valence-electron chi connectivity index (χ0n) is 15.2. The van der Waals surface area contributed by atoms with Crippen molar-refractivity contribution in [3.8, 4) is 0 Å². The summed E-state index contributed by atoms with van der Waals surface area (Å²) >= 11 is 0. The van der Waals surface area contributed by atoms with Gasteiger partial charge in [-0.3, -0.25) is 19.7 Å². The molecule has 1 aromatic carbocycles. The van der Waals surface area contributed by atoms with Crippen LogP contribution in [0.5, 0.6) is 0 Å². The number of aliphatic carboxylic acids is 1. The molecule has 26 heavy (non-hydrogen) atoms. The molecule has 1 saturated heterocycles. The van der Waals surface area contributed by atoms with Gasteiger partial charge in [-0.25, -0.2) is 0 Å². The predicted molar refractivity (Wildman–Crippen MR) is 97.5 cm³/mol. The third kappa shape index (κ3) is 4.93. The number of piperidine rings is 1. The normalized spacial score (nSPS) is 14.9. The Balaban J connectivity index is 2.15. The van der Waals surface area contributed by atoms with Crippen LogP contribution in [0.25, 0.3) is 0 Å². The van der Waals surface area contributed by atoms with E-state index in [4.69, 9.17) is 5.11 Å². The van der Waals surface area contributed by atoms with Crippen molar-refractivity contribution in [2.45, 2.75) is 32.6 Å². The third-order valence-corrected chi connectivity index (χ3v) is 4.77. The molecule has 0 aliphatic carbocycles. The van der Waals surface area contributed by atoms with Crippen molar-refractivity contribution < 1.29 is 19.6 Å². The number of carbonyl (C=O) groups excluding carboxylic acids is 1. The van der Waals surface area contributed by atoms with Crippen LogP contribution in [0.1, 0.15) is 43.0 Å². The van der Waals surface area contributed by atoms with E-state index in [0.29, 0.717) is 18.0 Å². The average molecular weight is 363 g/mol. The summed E-state index contributed by atoms with van der Waals surface area (Å²) in [5.74, 6) is -0.649. The molecule has 1 N–H and O–H groups in total. The first-order valence-corrected chi connectivity index (χ1v) is 8.80. The van der Waals surface area contributed by atoms with Crippen LogP contribution in [0.2, 0.25) is 0 Å². The van der Waals surface area contributed by atoms with Crippen molar-refractivity contribution >= 4 is 23.3 Å². The molecule has 0 bridgehead atoms. The van der Waals surface area contributed by atoms with E-state index in [1.807, 2.05) is 4.90 Å². The highest BCUT2D eigenvalue weighted by molar-refractivity contribution is 5.95. The molecule has 2 rings (SSSR count). The number of carbonyl (C=O) groups is 2. The second kappa shape index (κ2) is 8.64. The molecular formula is C18H25N3O5. The van der Waals surface area contributed by atoms with Gasteiger partial charge in [-0.2, -0.15) is 0 Å². The van der Waals surface area contributed by atoms with Crippen molar-refractivity contribution in [2.75, 3.05) is 31.6 Å². The smallest absolute Gasteiger partial charge is 0.303 e. The van der Waals surface area contributed by atoms with Gasteiger partial charge in [0.1, 0.15) is 5.69 Å². The fraction of sp³-hybridized carbons (Fsp3) is 0.556. The molecular weight excluding hydrogens is 338 g/mol. The Hall–Kier alpha value is -2.64. The Morgan fingerprint density at radius 3 is 2.58 bits per heavy atom. The van der Waals surface area contributed by atoms with E-state index < -0.39 is 10.9 Å². The van der Waals surface area contributed by atoms with Crippen LogP contribution >= 0.6 is 0 Å². The topological polar surface area (TPSA) is 104 Å². The number of carboxylic acid groups (broad SMARTS) is 1. The molecule has 0 saturated carbocycles. The number of benzene rings is 1. The van der Waals surface area contributed by atoms with Gasteiger partial charge in [-0.15, -0.1) is 0 Å². The van der Waals surface area contributed by atoms with Crippen LogP contribution in [0.4, 0.5) is 11.4 Å². The van der Waals surface area contributed by atoms with E-state index in [1.165, 1.54) is 11.0 Å². The molecule has 1 aliphatic heterocycles. The summed E-state index contributed by atoms with van der Waals surface area (Å²) in [6, 6.07) is 4.58. The Morgan fingerprint density at radius 2 is 2.00 bits per heavy atom. The minimum Gasteiger partial charge on any atom is -0.481 e. The van der Waals surface area contributed by atoms with Gasteiger partial charge in [0, 0.05) is 44.7 Å². The molecule has 1 fully saturated rings. The highest BCUT2D eigenvalue weighted by atomic mass is 16.6. The van der Waals surface area contributed by atoms with Crippen molar-refractivity contribution in [1.29, 1.82) is 0 Å². The van der Waals surface area contributed by atoms with E-state index in [9.17, 15) is 19.7 Å². The lowest BCUT2D eigenvalue weighted by molar-refractivity contribution is -0.384. The fourth-order valence-corrected chi connectivity index (χ4v) is 3.11.